The van der Waals surface area contributed by atoms with Crippen molar-refractivity contribution in [3.05, 3.63) is 65.2 Å². The van der Waals surface area contributed by atoms with Crippen molar-refractivity contribution in [2.24, 2.45) is 5.92 Å². The van der Waals surface area contributed by atoms with E-state index in [4.69, 9.17) is 9.47 Å². The smallest absolute Gasteiger partial charge is 0.266 e. The van der Waals surface area contributed by atoms with Crippen molar-refractivity contribution in [2.75, 3.05) is 26.3 Å². The van der Waals surface area contributed by atoms with Crippen LogP contribution in [0.2, 0.25) is 0 Å². The van der Waals surface area contributed by atoms with Crippen LogP contribution in [0, 0.1) is 5.92 Å². The molecule has 2 aromatic heterocycles. The lowest BCUT2D eigenvalue weighted by Gasteiger charge is -2.38. The Hall–Kier alpha value is -3.24. The minimum absolute atomic E-state index is 0.00451. The summed E-state index contributed by atoms with van der Waals surface area (Å²) in [4.78, 5) is 16.4. The molecule has 0 saturated carbocycles. The largest absolute Gasteiger partial charge is 0.486 e. The molecule has 0 atom stereocenters. The first-order valence-corrected chi connectivity index (χ1v) is 11.3. The highest BCUT2D eigenvalue weighted by atomic mass is 32.2. The molecule has 10 heteroatoms. The van der Waals surface area contributed by atoms with E-state index >= 15 is 0 Å². The number of benzene rings is 1. The summed E-state index contributed by atoms with van der Waals surface area (Å²) in [6.45, 7) is 1.84. The van der Waals surface area contributed by atoms with Crippen molar-refractivity contribution in [3.8, 4) is 22.8 Å². The number of aromatic nitrogens is 3. The third-order valence-electron chi connectivity index (χ3n) is 5.35. The summed E-state index contributed by atoms with van der Waals surface area (Å²) < 4.78 is 39.6. The molecule has 0 aliphatic carbocycles. The molecule has 4 heterocycles. The fraction of sp³-hybridized carbons (Fsp3) is 0.286. The highest BCUT2D eigenvalue weighted by Crippen LogP contribution is 2.34. The fourth-order valence-electron chi connectivity index (χ4n) is 3.67. The van der Waals surface area contributed by atoms with Gasteiger partial charge in [0.25, 0.3) is 5.56 Å². The number of hydrogen-bond acceptors (Lipinski definition) is 7. The van der Waals surface area contributed by atoms with Crippen molar-refractivity contribution in [1.82, 2.24) is 19.1 Å². The van der Waals surface area contributed by atoms with E-state index < -0.39 is 10.0 Å². The number of nitrogens with zero attached hydrogens (tertiary/aromatic N) is 4. The molecule has 0 radical (unpaired) electrons. The number of sulfonamides is 1. The second-order valence-corrected chi connectivity index (χ2v) is 9.41. The molecule has 0 bridgehead atoms. The third-order valence-corrected chi connectivity index (χ3v) is 7.18. The van der Waals surface area contributed by atoms with Crippen molar-refractivity contribution in [1.29, 1.82) is 0 Å². The summed E-state index contributed by atoms with van der Waals surface area (Å²) in [5.74, 6) is 0.990. The molecule has 1 aromatic carbocycles. The van der Waals surface area contributed by atoms with E-state index in [-0.39, 0.29) is 16.4 Å². The predicted octanol–water partition coefficient (Wildman–Crippen LogP) is 1.40. The lowest BCUT2D eigenvalue weighted by Crippen LogP contribution is -2.52. The van der Waals surface area contributed by atoms with Gasteiger partial charge in [0.15, 0.2) is 11.5 Å². The number of pyridine rings is 1. The first kappa shape index (κ1) is 19.7. The van der Waals surface area contributed by atoms with Gasteiger partial charge in [-0.3, -0.25) is 9.78 Å². The van der Waals surface area contributed by atoms with E-state index in [1.54, 1.807) is 24.5 Å². The van der Waals surface area contributed by atoms with Gasteiger partial charge in [-0.15, -0.1) is 0 Å². The highest BCUT2D eigenvalue weighted by molar-refractivity contribution is 7.89. The maximum atomic E-state index is 12.9. The molecule has 1 saturated heterocycles. The van der Waals surface area contributed by atoms with Crippen molar-refractivity contribution >= 4 is 10.0 Å². The van der Waals surface area contributed by atoms with Gasteiger partial charge in [-0.05, 0) is 30.3 Å². The van der Waals surface area contributed by atoms with Crippen LogP contribution in [0.25, 0.3) is 11.3 Å². The van der Waals surface area contributed by atoms with Crippen LogP contribution < -0.4 is 15.0 Å². The van der Waals surface area contributed by atoms with Gasteiger partial charge in [-0.2, -0.15) is 9.40 Å². The molecule has 9 nitrogen and oxygen atoms in total. The van der Waals surface area contributed by atoms with Gasteiger partial charge in [0.05, 0.1) is 17.1 Å². The molecule has 3 aromatic rings. The molecule has 0 unspecified atom stereocenters. The lowest BCUT2D eigenvalue weighted by molar-refractivity contribution is 0.169. The van der Waals surface area contributed by atoms with E-state index in [2.05, 4.69) is 10.1 Å². The zero-order valence-corrected chi connectivity index (χ0v) is 17.4. The second kappa shape index (κ2) is 7.78. The minimum Gasteiger partial charge on any atom is -0.486 e. The highest BCUT2D eigenvalue weighted by Gasteiger charge is 2.37. The Balaban J connectivity index is 1.29. The van der Waals surface area contributed by atoms with Crippen LogP contribution >= 0.6 is 0 Å². The Morgan fingerprint density at radius 1 is 0.968 bits per heavy atom. The zero-order valence-electron chi connectivity index (χ0n) is 16.5. The van der Waals surface area contributed by atoms with E-state index in [1.807, 2.05) is 12.1 Å². The predicted molar refractivity (Wildman–Crippen MR) is 111 cm³/mol. The molecule has 0 N–H and O–H groups in total. The monoisotopic (exact) mass is 440 g/mol. The molecule has 0 amide bonds. The minimum atomic E-state index is -3.64. The van der Waals surface area contributed by atoms with Crippen LogP contribution in [-0.2, 0) is 16.6 Å². The SMILES string of the molecule is O=c1ccc(-c2ccncc2)nn1CC1CN(S(=O)(=O)c2ccc3c(c2)OCCO3)C1. The number of ether oxygens (including phenoxy) is 2. The Kier molecular flexibility index (Phi) is 4.95. The topological polar surface area (TPSA) is 104 Å². The molecule has 31 heavy (non-hydrogen) atoms. The van der Waals surface area contributed by atoms with Crippen LogP contribution in [0.15, 0.2) is 64.5 Å². The van der Waals surface area contributed by atoms with Crippen molar-refractivity contribution in [3.63, 3.8) is 0 Å². The van der Waals surface area contributed by atoms with Crippen LogP contribution in [0.1, 0.15) is 0 Å². The standard InChI is InChI=1S/C21H20N4O5S/c26-21-4-2-18(16-5-7-22-8-6-16)23-25(21)14-15-12-24(13-15)31(27,28)17-1-3-19-20(11-17)30-10-9-29-19/h1-8,11,15H,9-10,12-14H2. The quantitative estimate of drug-likeness (QED) is 0.591. The number of rotatable bonds is 5. The summed E-state index contributed by atoms with van der Waals surface area (Å²) in [5, 5.41) is 4.44. The number of hydrogen-bond donors (Lipinski definition) is 0. The molecule has 1 fully saturated rings. The summed E-state index contributed by atoms with van der Waals surface area (Å²) in [6.07, 6.45) is 3.33. The van der Waals surface area contributed by atoms with Crippen LogP contribution in [-0.4, -0.2) is 53.8 Å². The summed E-state index contributed by atoms with van der Waals surface area (Å²) in [7, 11) is -3.64. The molecular weight excluding hydrogens is 420 g/mol. The maximum absolute atomic E-state index is 12.9. The molecule has 160 valence electrons. The summed E-state index contributed by atoms with van der Waals surface area (Å²) in [5.41, 5.74) is 1.31. The normalized spacial score (nSPS) is 16.6. The zero-order chi connectivity index (χ0) is 21.4. The summed E-state index contributed by atoms with van der Waals surface area (Å²) in [6, 6.07) is 11.4. The first-order valence-electron chi connectivity index (χ1n) is 9.89. The number of fused-ring (bicyclic) bond motifs is 1. The lowest BCUT2D eigenvalue weighted by atomic mass is 10.0. The van der Waals surface area contributed by atoms with Gasteiger partial charge < -0.3 is 9.47 Å². The average molecular weight is 440 g/mol. The third kappa shape index (κ3) is 3.79. The molecule has 5 rings (SSSR count). The van der Waals surface area contributed by atoms with E-state index in [1.165, 1.54) is 27.2 Å². The van der Waals surface area contributed by atoms with Gasteiger partial charge in [0.2, 0.25) is 10.0 Å². The first-order chi connectivity index (χ1) is 15.0. The molecular formula is C21H20N4O5S. The average Bonchev–Trinajstić information content (AvgIpc) is 2.77. The van der Waals surface area contributed by atoms with Crippen molar-refractivity contribution in [2.45, 2.75) is 11.4 Å². The second-order valence-electron chi connectivity index (χ2n) is 7.47. The Labute approximate surface area is 178 Å². The summed E-state index contributed by atoms with van der Waals surface area (Å²) >= 11 is 0. The van der Waals surface area contributed by atoms with Crippen molar-refractivity contribution < 1.29 is 17.9 Å². The molecule has 2 aliphatic rings. The van der Waals surface area contributed by atoms with Gasteiger partial charge in [0.1, 0.15) is 13.2 Å². The van der Waals surface area contributed by atoms with Gasteiger partial charge in [-0.1, -0.05) is 0 Å². The fourth-order valence-corrected chi connectivity index (χ4v) is 5.28. The van der Waals surface area contributed by atoms with E-state index in [0.29, 0.717) is 50.0 Å². The maximum Gasteiger partial charge on any atom is 0.266 e. The Morgan fingerprint density at radius 2 is 1.71 bits per heavy atom. The van der Waals surface area contributed by atoms with E-state index in [0.717, 1.165) is 5.56 Å². The van der Waals surface area contributed by atoms with Gasteiger partial charge in [-0.25, -0.2) is 13.1 Å². The van der Waals surface area contributed by atoms with Crippen LogP contribution in [0.3, 0.4) is 0 Å². The Morgan fingerprint density at radius 3 is 2.48 bits per heavy atom. The van der Waals surface area contributed by atoms with Gasteiger partial charge in [0, 0.05) is 49.1 Å². The van der Waals surface area contributed by atoms with E-state index in [9.17, 15) is 13.2 Å². The Bertz CT molecular complexity index is 1270. The van der Waals surface area contributed by atoms with Crippen LogP contribution in [0.5, 0.6) is 11.5 Å². The molecule has 0 spiro atoms. The van der Waals surface area contributed by atoms with Gasteiger partial charge >= 0.3 is 0 Å². The molecule has 2 aliphatic heterocycles. The van der Waals surface area contributed by atoms with Crippen LogP contribution in [0.4, 0.5) is 0 Å².